The molecule has 0 bridgehead atoms. The molecule has 0 saturated carbocycles. The van der Waals surface area contributed by atoms with Crippen LogP contribution in [0.15, 0.2) is 93.5 Å². The Balaban J connectivity index is 1.93. The van der Waals surface area contributed by atoms with Gasteiger partial charge in [0.05, 0.1) is 37.4 Å². The van der Waals surface area contributed by atoms with Gasteiger partial charge in [-0.15, -0.1) is 11.3 Å². The standard InChI is InChI=1S/C29H22N4O9S2/c1-2-42-29(35)24-23(18-9-7-11-20(16-18)33(38)39)25(44(40,41)21-12-4-3-5-13-21)26(30)31-27(34)22(43-28(24)31)15-17-8-6-10-19(14-17)32(36)37/h3-16,23H,2,30H2,1H3. The Morgan fingerprint density at radius 3 is 2.27 bits per heavy atom. The number of carbonyl (C=O) groups excluding carboxylic acids is 1. The van der Waals surface area contributed by atoms with E-state index in [2.05, 4.69) is 0 Å². The Morgan fingerprint density at radius 2 is 1.64 bits per heavy atom. The van der Waals surface area contributed by atoms with Gasteiger partial charge < -0.3 is 10.5 Å². The fourth-order valence-corrected chi connectivity index (χ4v) is 7.71. The molecule has 0 aliphatic carbocycles. The molecular formula is C29H22N4O9S2. The molecule has 2 N–H and O–H groups in total. The van der Waals surface area contributed by atoms with Crippen molar-refractivity contribution in [3.05, 3.63) is 135 Å². The number of nitro benzene ring substituents is 2. The summed E-state index contributed by atoms with van der Waals surface area (Å²) in [5, 5.41) is 23.0. The van der Waals surface area contributed by atoms with Crippen molar-refractivity contribution in [2.24, 2.45) is 5.73 Å². The van der Waals surface area contributed by atoms with E-state index in [-0.39, 0.29) is 43.2 Å². The van der Waals surface area contributed by atoms with Crippen molar-refractivity contribution in [1.82, 2.24) is 4.57 Å². The Kier molecular flexibility index (Phi) is 7.99. The summed E-state index contributed by atoms with van der Waals surface area (Å²) in [5.74, 6) is -2.97. The fourth-order valence-electron chi connectivity index (χ4n) is 4.84. The molecule has 5 rings (SSSR count). The van der Waals surface area contributed by atoms with E-state index in [9.17, 15) is 38.2 Å². The van der Waals surface area contributed by atoms with Gasteiger partial charge in [-0.1, -0.05) is 42.5 Å². The van der Waals surface area contributed by atoms with E-state index in [1.165, 1.54) is 72.8 Å². The van der Waals surface area contributed by atoms with Crippen molar-refractivity contribution < 1.29 is 27.8 Å². The smallest absolute Gasteiger partial charge is 0.338 e. The second kappa shape index (κ2) is 11.7. The van der Waals surface area contributed by atoms with Gasteiger partial charge in [-0.2, -0.15) is 0 Å². The molecule has 1 unspecified atom stereocenters. The quantitative estimate of drug-likeness (QED) is 0.171. The van der Waals surface area contributed by atoms with Gasteiger partial charge in [0.2, 0.25) is 9.84 Å². The van der Waals surface area contributed by atoms with Crippen LogP contribution < -0.4 is 20.5 Å². The maximum absolute atomic E-state index is 14.2. The summed E-state index contributed by atoms with van der Waals surface area (Å²) in [4.78, 5) is 48.4. The van der Waals surface area contributed by atoms with Gasteiger partial charge in [0.15, 0.2) is 0 Å². The van der Waals surface area contributed by atoms with E-state index in [1.807, 2.05) is 0 Å². The van der Waals surface area contributed by atoms with Crippen molar-refractivity contribution in [2.75, 3.05) is 6.61 Å². The highest BCUT2D eigenvalue weighted by Crippen LogP contribution is 2.42. The molecule has 224 valence electrons. The number of hydrogen-bond donors (Lipinski definition) is 1. The summed E-state index contributed by atoms with van der Waals surface area (Å²) in [6.45, 7) is 1.44. The third kappa shape index (κ3) is 5.29. The van der Waals surface area contributed by atoms with Crippen LogP contribution in [0.4, 0.5) is 11.4 Å². The minimum atomic E-state index is -4.53. The van der Waals surface area contributed by atoms with Gasteiger partial charge in [0, 0.05) is 24.3 Å². The summed E-state index contributed by atoms with van der Waals surface area (Å²) in [5.41, 5.74) is 5.22. The van der Waals surface area contributed by atoms with Crippen molar-refractivity contribution in [3.63, 3.8) is 0 Å². The molecule has 0 saturated heterocycles. The van der Waals surface area contributed by atoms with E-state index in [4.69, 9.17) is 10.5 Å². The number of nitrogens with zero attached hydrogens (tertiary/aromatic N) is 3. The van der Waals surface area contributed by atoms with Crippen molar-refractivity contribution in [3.8, 4) is 0 Å². The summed E-state index contributed by atoms with van der Waals surface area (Å²) in [7, 11) is -4.53. The first-order chi connectivity index (χ1) is 20.9. The zero-order valence-corrected chi connectivity index (χ0v) is 24.4. The fraction of sp³-hybridized carbons (Fsp3) is 0.103. The molecule has 0 amide bonds. The molecule has 13 nitrogen and oxygen atoms in total. The number of carbonyl (C=O) groups is 1. The Labute approximate surface area is 252 Å². The lowest BCUT2D eigenvalue weighted by Crippen LogP contribution is -2.41. The highest BCUT2D eigenvalue weighted by Gasteiger charge is 2.42. The van der Waals surface area contributed by atoms with Gasteiger partial charge >= 0.3 is 5.97 Å². The molecule has 1 aliphatic rings. The van der Waals surface area contributed by atoms with Crippen molar-refractivity contribution >= 4 is 56.0 Å². The number of fused-ring (bicyclic) bond motifs is 1. The van der Waals surface area contributed by atoms with E-state index in [0.717, 1.165) is 22.0 Å². The number of rotatable bonds is 8. The zero-order valence-electron chi connectivity index (χ0n) is 22.8. The lowest BCUT2D eigenvalue weighted by Gasteiger charge is -2.28. The Morgan fingerprint density at radius 1 is 1.00 bits per heavy atom. The molecule has 3 aromatic carbocycles. The minimum Gasteiger partial charge on any atom is -0.463 e. The van der Waals surface area contributed by atoms with E-state index >= 15 is 0 Å². The largest absolute Gasteiger partial charge is 0.463 e. The number of nitro groups is 2. The summed E-state index contributed by atoms with van der Waals surface area (Å²) < 4.78 is 34.6. The van der Waals surface area contributed by atoms with Crippen LogP contribution in [-0.2, 0) is 19.4 Å². The van der Waals surface area contributed by atoms with Crippen LogP contribution in [0.3, 0.4) is 0 Å². The summed E-state index contributed by atoms with van der Waals surface area (Å²) in [6, 6.07) is 17.8. The number of non-ortho nitro benzene ring substituents is 2. The summed E-state index contributed by atoms with van der Waals surface area (Å²) >= 11 is 0.799. The first-order valence-corrected chi connectivity index (χ1v) is 15.2. The predicted octanol–water partition coefficient (Wildman–Crippen LogP) is 2.62. The number of benzene rings is 3. The topological polar surface area (TPSA) is 195 Å². The third-order valence-electron chi connectivity index (χ3n) is 6.73. The predicted molar refractivity (Wildman–Crippen MR) is 161 cm³/mol. The van der Waals surface area contributed by atoms with Gasteiger partial charge in [-0.25, -0.2) is 13.2 Å². The van der Waals surface area contributed by atoms with Crippen LogP contribution >= 0.6 is 11.3 Å². The highest BCUT2D eigenvalue weighted by molar-refractivity contribution is 7.95. The van der Waals surface area contributed by atoms with Crippen LogP contribution in [0, 0.1) is 20.2 Å². The van der Waals surface area contributed by atoms with Gasteiger partial charge in [-0.05, 0) is 36.3 Å². The highest BCUT2D eigenvalue weighted by atomic mass is 32.2. The average Bonchev–Trinajstić information content (AvgIpc) is 3.32. The van der Waals surface area contributed by atoms with Crippen LogP contribution in [0.5, 0.6) is 0 Å². The number of allylic oxidation sites excluding steroid dienone is 1. The van der Waals surface area contributed by atoms with Crippen LogP contribution in [0.1, 0.15) is 24.0 Å². The first-order valence-electron chi connectivity index (χ1n) is 12.9. The second-order valence-corrected chi connectivity index (χ2v) is 12.3. The Bertz CT molecular complexity index is 2170. The number of esters is 1. The minimum absolute atomic E-state index is 0.0126. The van der Waals surface area contributed by atoms with Gasteiger partial charge in [-0.3, -0.25) is 29.6 Å². The van der Waals surface area contributed by atoms with Crippen LogP contribution in [0.2, 0.25) is 0 Å². The molecule has 1 aliphatic heterocycles. The SMILES string of the molecule is CCOC(=O)C1=c2sc(=Cc3cccc([N+](=O)[O-])c3)c(=O)n2C(N)=C(S(=O)(=O)c2ccccc2)C1c1cccc([N+](=O)[O-])c1. The number of sulfone groups is 1. The number of ether oxygens (including phenoxy) is 1. The zero-order chi connectivity index (χ0) is 31.8. The van der Waals surface area contributed by atoms with E-state index < -0.39 is 47.9 Å². The molecular weight excluding hydrogens is 612 g/mol. The molecule has 2 heterocycles. The average molecular weight is 635 g/mol. The lowest BCUT2D eigenvalue weighted by atomic mass is 9.89. The van der Waals surface area contributed by atoms with Crippen molar-refractivity contribution in [2.45, 2.75) is 17.7 Å². The number of hydrogen-bond acceptors (Lipinski definition) is 11. The first kappa shape index (κ1) is 30.1. The van der Waals surface area contributed by atoms with Gasteiger partial charge in [0.1, 0.15) is 15.4 Å². The third-order valence-corrected chi connectivity index (χ3v) is 9.75. The lowest BCUT2D eigenvalue weighted by molar-refractivity contribution is -0.385. The van der Waals surface area contributed by atoms with E-state index in [1.54, 1.807) is 13.0 Å². The van der Waals surface area contributed by atoms with Gasteiger partial charge in [0.25, 0.3) is 16.9 Å². The number of nitrogens with two attached hydrogens (primary N) is 1. The van der Waals surface area contributed by atoms with Crippen molar-refractivity contribution in [1.29, 1.82) is 0 Å². The normalized spacial score (nSPS) is 15.2. The monoisotopic (exact) mass is 634 g/mol. The number of thiazole rings is 1. The molecule has 0 spiro atoms. The Hall–Kier alpha value is -5.41. The van der Waals surface area contributed by atoms with Crippen LogP contribution in [-0.4, -0.2) is 35.4 Å². The maximum Gasteiger partial charge on any atom is 0.338 e. The summed E-state index contributed by atoms with van der Waals surface area (Å²) in [6.07, 6.45) is 1.36. The maximum atomic E-state index is 14.2. The molecule has 0 fully saturated rings. The van der Waals surface area contributed by atoms with E-state index in [0.29, 0.717) is 5.56 Å². The molecule has 0 radical (unpaired) electrons. The second-order valence-electron chi connectivity index (χ2n) is 9.39. The molecule has 44 heavy (non-hydrogen) atoms. The van der Waals surface area contributed by atoms with Crippen LogP contribution in [0.25, 0.3) is 17.5 Å². The molecule has 4 aromatic rings. The molecule has 15 heteroatoms. The molecule has 1 atom stereocenters. The molecule has 1 aromatic heterocycles. The number of aromatic nitrogens is 1.